The minimum absolute atomic E-state index is 0.598. The topological polar surface area (TPSA) is 63.8 Å². The molecule has 13 heavy (non-hydrogen) atoms. The number of aromatic nitrogens is 2. The Hall–Kier alpha value is -1.32. The average molecular weight is 178 g/mol. The van der Waals surface area contributed by atoms with Crippen LogP contribution in [0.1, 0.15) is 25.3 Å². The van der Waals surface area contributed by atoms with Crippen LogP contribution in [0.5, 0.6) is 0 Å². The summed E-state index contributed by atoms with van der Waals surface area (Å²) in [6.07, 6.45) is 4.88. The van der Waals surface area contributed by atoms with Gasteiger partial charge in [0.25, 0.3) is 0 Å². The summed E-state index contributed by atoms with van der Waals surface area (Å²) in [6, 6.07) is 0.611. The molecule has 0 aromatic carbocycles. The normalized spacial score (nSPS) is 15.8. The lowest BCUT2D eigenvalue weighted by molar-refractivity contribution is 1.02. The van der Waals surface area contributed by atoms with Crippen LogP contribution in [-0.2, 0) is 6.42 Å². The Morgan fingerprint density at radius 3 is 2.92 bits per heavy atom. The number of nitrogens with two attached hydrogens (primary N) is 1. The highest BCUT2D eigenvalue weighted by molar-refractivity contribution is 5.55. The fourth-order valence-electron chi connectivity index (χ4n) is 1.32. The van der Waals surface area contributed by atoms with Crippen LogP contribution >= 0.6 is 0 Å². The highest BCUT2D eigenvalue weighted by Gasteiger charge is 2.22. The number of nitrogens with one attached hydrogen (secondary N) is 1. The zero-order valence-electron chi connectivity index (χ0n) is 7.75. The van der Waals surface area contributed by atoms with Gasteiger partial charge >= 0.3 is 0 Å². The van der Waals surface area contributed by atoms with E-state index in [1.165, 1.54) is 19.2 Å². The average Bonchev–Trinajstić information content (AvgIpc) is 2.89. The second kappa shape index (κ2) is 3.20. The van der Waals surface area contributed by atoms with Crippen LogP contribution < -0.4 is 11.1 Å². The van der Waals surface area contributed by atoms with Gasteiger partial charge in [0, 0.05) is 11.6 Å². The molecule has 3 N–H and O–H groups in total. The third-order valence-electron chi connectivity index (χ3n) is 2.25. The predicted octanol–water partition coefficient (Wildman–Crippen LogP) is 1.20. The van der Waals surface area contributed by atoms with E-state index in [-0.39, 0.29) is 0 Å². The summed E-state index contributed by atoms with van der Waals surface area (Å²) in [6.45, 7) is 2.06. The van der Waals surface area contributed by atoms with Gasteiger partial charge in [0.15, 0.2) is 0 Å². The molecule has 1 fully saturated rings. The summed E-state index contributed by atoms with van der Waals surface area (Å²) in [7, 11) is 0. The fourth-order valence-corrected chi connectivity index (χ4v) is 1.32. The zero-order valence-corrected chi connectivity index (χ0v) is 7.75. The first-order valence-corrected chi connectivity index (χ1v) is 4.67. The minimum Gasteiger partial charge on any atom is -0.383 e. The SMILES string of the molecule is CCc1c(N)ncnc1NC1CC1. The summed E-state index contributed by atoms with van der Waals surface area (Å²) in [5.41, 5.74) is 6.77. The number of nitrogens with zero attached hydrogens (tertiary/aromatic N) is 2. The predicted molar refractivity (Wildman–Crippen MR) is 52.5 cm³/mol. The van der Waals surface area contributed by atoms with Crippen molar-refractivity contribution >= 4 is 11.6 Å². The molecule has 1 heterocycles. The second-order valence-electron chi connectivity index (χ2n) is 3.36. The van der Waals surface area contributed by atoms with Crippen molar-refractivity contribution in [1.29, 1.82) is 0 Å². The molecule has 1 aliphatic rings. The molecule has 1 aromatic rings. The van der Waals surface area contributed by atoms with Crippen LogP contribution in [-0.4, -0.2) is 16.0 Å². The van der Waals surface area contributed by atoms with Crippen molar-refractivity contribution in [3.8, 4) is 0 Å². The lowest BCUT2D eigenvalue weighted by atomic mass is 10.2. The Balaban J connectivity index is 2.25. The monoisotopic (exact) mass is 178 g/mol. The molecule has 0 saturated heterocycles. The van der Waals surface area contributed by atoms with Crippen LogP contribution in [0.15, 0.2) is 6.33 Å². The van der Waals surface area contributed by atoms with Crippen LogP contribution in [0.3, 0.4) is 0 Å². The molecule has 0 radical (unpaired) electrons. The van der Waals surface area contributed by atoms with Crippen molar-refractivity contribution < 1.29 is 0 Å². The molecule has 2 rings (SSSR count). The van der Waals surface area contributed by atoms with Gasteiger partial charge in [0.2, 0.25) is 0 Å². The van der Waals surface area contributed by atoms with Gasteiger partial charge in [0.1, 0.15) is 18.0 Å². The summed E-state index contributed by atoms with van der Waals surface area (Å²) in [5, 5.41) is 3.35. The van der Waals surface area contributed by atoms with Gasteiger partial charge in [-0.15, -0.1) is 0 Å². The van der Waals surface area contributed by atoms with E-state index in [0.29, 0.717) is 11.9 Å². The molecular weight excluding hydrogens is 164 g/mol. The van der Waals surface area contributed by atoms with E-state index < -0.39 is 0 Å². The third kappa shape index (κ3) is 1.71. The summed E-state index contributed by atoms with van der Waals surface area (Å²) < 4.78 is 0. The van der Waals surface area contributed by atoms with Crippen molar-refractivity contribution in [2.75, 3.05) is 11.1 Å². The highest BCUT2D eigenvalue weighted by atomic mass is 15.1. The van der Waals surface area contributed by atoms with E-state index >= 15 is 0 Å². The Bertz CT molecular complexity index is 306. The van der Waals surface area contributed by atoms with E-state index in [1.807, 2.05) is 0 Å². The second-order valence-corrected chi connectivity index (χ2v) is 3.36. The number of nitrogen functional groups attached to an aromatic ring is 1. The van der Waals surface area contributed by atoms with Gasteiger partial charge in [-0.25, -0.2) is 9.97 Å². The summed E-state index contributed by atoms with van der Waals surface area (Å²) >= 11 is 0. The number of hydrogen-bond donors (Lipinski definition) is 2. The lowest BCUT2D eigenvalue weighted by Gasteiger charge is -2.09. The molecule has 0 bridgehead atoms. The van der Waals surface area contributed by atoms with E-state index in [4.69, 9.17) is 5.73 Å². The Labute approximate surface area is 77.6 Å². The molecule has 0 unspecified atom stereocenters. The van der Waals surface area contributed by atoms with Crippen LogP contribution in [0.2, 0.25) is 0 Å². The molecule has 4 heteroatoms. The first-order chi connectivity index (χ1) is 6.31. The van der Waals surface area contributed by atoms with Gasteiger partial charge in [-0.3, -0.25) is 0 Å². The summed E-state index contributed by atoms with van der Waals surface area (Å²) in [4.78, 5) is 8.15. The maximum atomic E-state index is 5.74. The maximum Gasteiger partial charge on any atom is 0.134 e. The quantitative estimate of drug-likeness (QED) is 0.730. The third-order valence-corrected chi connectivity index (χ3v) is 2.25. The van der Waals surface area contributed by atoms with Gasteiger partial charge in [-0.1, -0.05) is 6.92 Å². The van der Waals surface area contributed by atoms with Gasteiger partial charge in [0.05, 0.1) is 0 Å². The lowest BCUT2D eigenvalue weighted by Crippen LogP contribution is -2.09. The Kier molecular flexibility index (Phi) is 2.04. The maximum absolute atomic E-state index is 5.74. The molecule has 1 aromatic heterocycles. The van der Waals surface area contributed by atoms with Crippen molar-refractivity contribution in [1.82, 2.24) is 9.97 Å². The largest absolute Gasteiger partial charge is 0.383 e. The van der Waals surface area contributed by atoms with Crippen LogP contribution in [0.25, 0.3) is 0 Å². The van der Waals surface area contributed by atoms with E-state index in [1.54, 1.807) is 0 Å². The molecular formula is C9H14N4. The first-order valence-electron chi connectivity index (χ1n) is 4.67. The smallest absolute Gasteiger partial charge is 0.134 e. The van der Waals surface area contributed by atoms with E-state index in [0.717, 1.165) is 17.8 Å². The zero-order chi connectivity index (χ0) is 9.26. The number of rotatable bonds is 3. The molecule has 0 amide bonds. The van der Waals surface area contributed by atoms with E-state index in [9.17, 15) is 0 Å². The van der Waals surface area contributed by atoms with Gasteiger partial charge in [-0.05, 0) is 19.3 Å². The van der Waals surface area contributed by atoms with Crippen molar-refractivity contribution in [2.24, 2.45) is 0 Å². The van der Waals surface area contributed by atoms with Crippen LogP contribution in [0, 0.1) is 0 Å². The van der Waals surface area contributed by atoms with Crippen LogP contribution in [0.4, 0.5) is 11.6 Å². The Morgan fingerprint density at radius 2 is 2.31 bits per heavy atom. The Morgan fingerprint density at radius 1 is 1.54 bits per heavy atom. The van der Waals surface area contributed by atoms with Gasteiger partial charge in [-0.2, -0.15) is 0 Å². The number of hydrogen-bond acceptors (Lipinski definition) is 4. The molecule has 0 aliphatic heterocycles. The molecule has 4 nitrogen and oxygen atoms in total. The van der Waals surface area contributed by atoms with Crippen molar-refractivity contribution in [2.45, 2.75) is 32.2 Å². The summed E-state index contributed by atoms with van der Waals surface area (Å²) in [5.74, 6) is 1.51. The molecule has 0 spiro atoms. The van der Waals surface area contributed by atoms with Crippen molar-refractivity contribution in [3.05, 3.63) is 11.9 Å². The molecule has 70 valence electrons. The molecule has 0 atom stereocenters. The molecule has 1 aliphatic carbocycles. The minimum atomic E-state index is 0.598. The highest BCUT2D eigenvalue weighted by Crippen LogP contribution is 2.26. The standard InChI is InChI=1S/C9H14N4/c1-2-7-8(10)11-5-12-9(7)13-6-3-4-6/h5-6H,2-4H2,1H3,(H3,10,11,12,13). The first kappa shape index (κ1) is 8.29. The van der Waals surface area contributed by atoms with Crippen molar-refractivity contribution in [3.63, 3.8) is 0 Å². The van der Waals surface area contributed by atoms with Gasteiger partial charge < -0.3 is 11.1 Å². The van der Waals surface area contributed by atoms with E-state index in [2.05, 4.69) is 22.2 Å². The molecule has 1 saturated carbocycles. The number of anilines is 2. The fraction of sp³-hybridized carbons (Fsp3) is 0.556.